The molecule has 7 atom stereocenters. The van der Waals surface area contributed by atoms with Crippen molar-refractivity contribution in [1.29, 1.82) is 0 Å². The van der Waals surface area contributed by atoms with Crippen molar-refractivity contribution in [2.45, 2.75) is 36.1 Å². The topological polar surface area (TPSA) is 123 Å². The van der Waals surface area contributed by atoms with Gasteiger partial charge in [0.25, 0.3) is 5.69 Å². The molecule has 9 nitrogen and oxygen atoms in total. The molecule has 4 aliphatic rings. The third-order valence-corrected chi connectivity index (χ3v) is 12.5. The van der Waals surface area contributed by atoms with E-state index in [0.717, 1.165) is 38.8 Å². The Bertz CT molecular complexity index is 1900. The van der Waals surface area contributed by atoms with Crippen LogP contribution >= 0.6 is 23.1 Å². The second-order valence-electron chi connectivity index (χ2n) is 12.0. The van der Waals surface area contributed by atoms with Gasteiger partial charge in [0.2, 0.25) is 11.8 Å². The number of rotatable bonds is 6. The van der Waals surface area contributed by atoms with E-state index >= 15 is 0 Å². The van der Waals surface area contributed by atoms with Crippen molar-refractivity contribution < 1.29 is 19.2 Å². The van der Waals surface area contributed by atoms with E-state index < -0.39 is 16.8 Å². The average molecular weight is 626 g/mol. The summed E-state index contributed by atoms with van der Waals surface area (Å²) in [7, 11) is 0. The summed E-state index contributed by atoms with van der Waals surface area (Å²) in [5.74, 6) is -0.855. The monoisotopic (exact) mass is 625 g/mol. The van der Waals surface area contributed by atoms with Crippen molar-refractivity contribution in [1.82, 2.24) is 4.98 Å². The molecule has 2 amide bonds. The van der Waals surface area contributed by atoms with Gasteiger partial charge in [-0.1, -0.05) is 53.8 Å². The van der Waals surface area contributed by atoms with Crippen LogP contribution in [0.25, 0.3) is 0 Å². The number of thiazole rings is 1. The van der Waals surface area contributed by atoms with Crippen LogP contribution in [0.5, 0.6) is 5.75 Å². The number of H-pyrrole nitrogens is 1. The number of nitro benzene ring substituents is 1. The van der Waals surface area contributed by atoms with Crippen LogP contribution in [0.4, 0.5) is 11.4 Å². The van der Waals surface area contributed by atoms with E-state index in [2.05, 4.69) is 30.1 Å². The van der Waals surface area contributed by atoms with Gasteiger partial charge in [-0.05, 0) is 60.4 Å². The Balaban J connectivity index is 1.17. The lowest BCUT2D eigenvalue weighted by Crippen LogP contribution is -2.42. The molecule has 222 valence electrons. The van der Waals surface area contributed by atoms with Crippen molar-refractivity contribution in [3.05, 3.63) is 114 Å². The van der Waals surface area contributed by atoms with Crippen LogP contribution in [-0.2, 0) is 16.2 Å². The molecule has 0 unspecified atom stereocenters. The van der Waals surface area contributed by atoms with Gasteiger partial charge < -0.3 is 9.72 Å². The van der Waals surface area contributed by atoms with Gasteiger partial charge in [-0.3, -0.25) is 29.4 Å². The van der Waals surface area contributed by atoms with Gasteiger partial charge in [0, 0.05) is 33.7 Å². The summed E-state index contributed by atoms with van der Waals surface area (Å²) in [4.78, 5) is 56.4. The Morgan fingerprint density at radius 1 is 0.955 bits per heavy atom. The van der Waals surface area contributed by atoms with Gasteiger partial charge in [-0.25, -0.2) is 0 Å². The van der Waals surface area contributed by atoms with E-state index in [1.54, 1.807) is 11.8 Å². The fourth-order valence-corrected chi connectivity index (χ4v) is 11.0. The van der Waals surface area contributed by atoms with Crippen LogP contribution in [0.1, 0.15) is 33.9 Å². The minimum atomic E-state index is -0.500. The molecule has 44 heavy (non-hydrogen) atoms. The fraction of sp³-hybridized carbons (Fsp3) is 0.303. The summed E-state index contributed by atoms with van der Waals surface area (Å²) in [6.45, 7) is 2.46. The molecular formula is C33H27N3O6S2. The Morgan fingerprint density at radius 2 is 1.66 bits per heavy atom. The number of benzene rings is 3. The van der Waals surface area contributed by atoms with Gasteiger partial charge in [0.15, 0.2) is 0 Å². The number of nitrogens with zero attached hydrogens (tertiary/aromatic N) is 2. The number of non-ortho nitro benzene ring substituents is 1. The number of amides is 2. The number of hydrogen-bond donors (Lipinski definition) is 1. The molecule has 2 saturated carbocycles. The molecule has 2 bridgehead atoms. The number of thioether (sulfide) groups is 1. The SMILES string of the molecule is Cc1ccccc1COc1ccccc1[C@@H]1c2sc(=O)[nH]c2S[C@@H]2[C@@H]3C[C@@H]([C@@H]4C(=O)N(c5ccc([N+](=O)[O-])cc5)C(=O)[C@@H]34)[C@@H]12. The van der Waals surface area contributed by atoms with Gasteiger partial charge >= 0.3 is 4.87 Å². The van der Waals surface area contributed by atoms with Gasteiger partial charge in [-0.15, -0.1) is 11.8 Å². The van der Waals surface area contributed by atoms with Crippen LogP contribution in [0.15, 0.2) is 82.6 Å². The molecule has 1 aromatic heterocycles. The maximum atomic E-state index is 14.0. The molecule has 4 aromatic rings. The van der Waals surface area contributed by atoms with Crippen molar-refractivity contribution >= 4 is 46.3 Å². The highest BCUT2D eigenvalue weighted by Crippen LogP contribution is 2.69. The zero-order valence-corrected chi connectivity index (χ0v) is 25.2. The molecule has 0 spiro atoms. The summed E-state index contributed by atoms with van der Waals surface area (Å²) in [6, 6.07) is 21.7. The number of hydrogen-bond acceptors (Lipinski definition) is 8. The number of nitrogens with one attached hydrogen (secondary N) is 1. The number of nitro groups is 1. The molecule has 1 saturated heterocycles. The number of carbonyl (C=O) groups excluding carboxylic acids is 2. The summed E-state index contributed by atoms with van der Waals surface area (Å²) in [6.07, 6.45) is 0.769. The first-order valence-corrected chi connectivity index (χ1v) is 16.3. The Morgan fingerprint density at radius 3 is 2.41 bits per heavy atom. The molecule has 2 aliphatic carbocycles. The lowest BCUT2D eigenvalue weighted by molar-refractivity contribution is -0.384. The Labute approximate surface area is 260 Å². The number of imide groups is 1. The van der Waals surface area contributed by atoms with Crippen molar-refractivity contribution in [3.63, 3.8) is 0 Å². The minimum absolute atomic E-state index is 0.0291. The smallest absolute Gasteiger partial charge is 0.305 e. The molecule has 0 radical (unpaired) electrons. The lowest BCUT2D eigenvalue weighted by Gasteiger charge is -2.43. The lowest BCUT2D eigenvalue weighted by atomic mass is 9.68. The number of aromatic nitrogens is 1. The molecule has 8 rings (SSSR count). The number of aromatic amines is 1. The normalized spacial score (nSPS) is 28.1. The van der Waals surface area contributed by atoms with Gasteiger partial charge in [0.05, 0.1) is 27.5 Å². The summed E-state index contributed by atoms with van der Waals surface area (Å²) < 4.78 is 6.47. The quantitative estimate of drug-likeness (QED) is 0.161. The first-order valence-electron chi connectivity index (χ1n) is 14.6. The summed E-state index contributed by atoms with van der Waals surface area (Å²) >= 11 is 2.86. The molecule has 3 aromatic carbocycles. The highest BCUT2D eigenvalue weighted by atomic mass is 32.2. The number of anilines is 1. The largest absolute Gasteiger partial charge is 0.489 e. The van der Waals surface area contributed by atoms with Crippen molar-refractivity contribution in [3.8, 4) is 5.75 Å². The average Bonchev–Trinajstić information content (AvgIpc) is 3.76. The van der Waals surface area contributed by atoms with Crippen LogP contribution < -0.4 is 14.5 Å². The number of para-hydroxylation sites is 1. The van der Waals surface area contributed by atoms with E-state index in [4.69, 9.17) is 4.74 Å². The number of ether oxygens (including phenoxy) is 1. The first kappa shape index (κ1) is 27.3. The van der Waals surface area contributed by atoms with Crippen LogP contribution in [0.3, 0.4) is 0 Å². The third-order valence-electron chi connectivity index (χ3n) is 9.94. The van der Waals surface area contributed by atoms with Crippen LogP contribution in [0, 0.1) is 46.6 Å². The molecule has 1 N–H and O–H groups in total. The fourth-order valence-electron chi connectivity index (χ4n) is 8.14. The van der Waals surface area contributed by atoms with E-state index in [1.165, 1.54) is 40.5 Å². The van der Waals surface area contributed by atoms with Gasteiger partial charge in [0.1, 0.15) is 12.4 Å². The number of carbonyl (C=O) groups is 2. The predicted molar refractivity (Wildman–Crippen MR) is 166 cm³/mol. The van der Waals surface area contributed by atoms with E-state index in [1.807, 2.05) is 30.3 Å². The molecular weight excluding hydrogens is 599 g/mol. The van der Waals surface area contributed by atoms with Crippen LogP contribution in [-0.4, -0.2) is 27.0 Å². The number of fused-ring (bicyclic) bond motifs is 9. The molecule has 3 fully saturated rings. The standard InChI is InChI=1S/C33H27N3O6S2/c1-16-6-2-3-7-17(16)15-42-23-9-5-4-8-20(23)24-25-21-14-22(28(25)43-30-29(24)44-33(39)34-30)27-26(21)31(37)35(32(27)38)18-10-12-19(13-11-18)36(40)41/h2-13,21-22,24-28H,14-15H2,1H3,(H,34,39)/t21-,22-,24+,25+,26+,27+,28-/m1/s1. The third kappa shape index (κ3) is 4.02. The second kappa shape index (κ2) is 10.2. The predicted octanol–water partition coefficient (Wildman–Crippen LogP) is 5.91. The van der Waals surface area contributed by atoms with Crippen molar-refractivity contribution in [2.75, 3.05) is 4.90 Å². The Hall–Kier alpha value is -4.22. The number of aryl methyl sites for hydroxylation is 1. The van der Waals surface area contributed by atoms with E-state index in [-0.39, 0.29) is 51.3 Å². The van der Waals surface area contributed by atoms with Crippen molar-refractivity contribution in [2.24, 2.45) is 29.6 Å². The van der Waals surface area contributed by atoms with Crippen LogP contribution in [0.2, 0.25) is 0 Å². The Kier molecular flexibility index (Phi) is 6.32. The maximum absolute atomic E-state index is 14.0. The zero-order valence-electron chi connectivity index (χ0n) is 23.5. The summed E-state index contributed by atoms with van der Waals surface area (Å²) in [5.41, 5.74) is 3.50. The molecule has 11 heteroatoms. The van der Waals surface area contributed by atoms with E-state index in [9.17, 15) is 24.5 Å². The zero-order chi connectivity index (χ0) is 30.3. The highest BCUT2D eigenvalue weighted by Gasteiger charge is 2.69. The second-order valence-corrected chi connectivity index (χ2v) is 14.2. The maximum Gasteiger partial charge on any atom is 0.305 e. The summed E-state index contributed by atoms with van der Waals surface area (Å²) in [5, 5.41) is 12.1. The van der Waals surface area contributed by atoms with Gasteiger partial charge in [-0.2, -0.15) is 0 Å². The highest BCUT2D eigenvalue weighted by molar-refractivity contribution is 8.00. The molecule has 2 aliphatic heterocycles. The van der Waals surface area contributed by atoms with E-state index in [0.29, 0.717) is 12.3 Å². The first-order chi connectivity index (χ1) is 21.3. The minimum Gasteiger partial charge on any atom is -0.489 e. The molecule has 3 heterocycles.